The van der Waals surface area contributed by atoms with Crippen molar-refractivity contribution < 1.29 is 22.8 Å². The number of benzene rings is 1. The van der Waals surface area contributed by atoms with E-state index in [1.807, 2.05) is 6.92 Å². The Kier molecular flexibility index (Phi) is 4.50. The van der Waals surface area contributed by atoms with Gasteiger partial charge in [0, 0.05) is 25.1 Å². The largest absolute Gasteiger partial charge is 0.344 e. The molecule has 1 heterocycles. The van der Waals surface area contributed by atoms with Gasteiger partial charge in [-0.05, 0) is 6.42 Å². The Morgan fingerprint density at radius 3 is 2.52 bits per heavy atom. The maximum atomic E-state index is 13.8. The van der Waals surface area contributed by atoms with Gasteiger partial charge < -0.3 is 10.2 Å². The van der Waals surface area contributed by atoms with Gasteiger partial charge in [0.2, 0.25) is 11.8 Å². The molecule has 0 aromatic heterocycles. The molecule has 1 aromatic rings. The molecule has 1 N–H and O–H groups in total. The van der Waals surface area contributed by atoms with E-state index >= 15 is 0 Å². The number of carbonyl (C=O) groups excluding carboxylic acids is 2. The molecule has 1 aromatic carbocycles. The SMILES string of the molecule is CCCC1NC(=O)CCN(c2cc(F)c(F)cc2F)C1=O. The van der Waals surface area contributed by atoms with Gasteiger partial charge in [-0.2, -0.15) is 0 Å². The molecule has 0 bridgehead atoms. The molecule has 1 fully saturated rings. The number of nitrogens with zero attached hydrogens (tertiary/aromatic N) is 1. The molecule has 21 heavy (non-hydrogen) atoms. The van der Waals surface area contributed by atoms with Crippen LogP contribution in [-0.2, 0) is 9.59 Å². The van der Waals surface area contributed by atoms with Gasteiger partial charge in [-0.25, -0.2) is 13.2 Å². The summed E-state index contributed by atoms with van der Waals surface area (Å²) in [4.78, 5) is 24.9. The Morgan fingerprint density at radius 2 is 1.86 bits per heavy atom. The highest BCUT2D eigenvalue weighted by atomic mass is 19.2. The lowest BCUT2D eigenvalue weighted by Gasteiger charge is -2.24. The predicted octanol–water partition coefficient (Wildman–Crippen LogP) is 2.13. The Hall–Kier alpha value is -2.05. The molecule has 2 amide bonds. The smallest absolute Gasteiger partial charge is 0.249 e. The summed E-state index contributed by atoms with van der Waals surface area (Å²) in [5.74, 6) is -4.45. The van der Waals surface area contributed by atoms with Crippen LogP contribution >= 0.6 is 0 Å². The minimum Gasteiger partial charge on any atom is -0.344 e. The first-order chi connectivity index (χ1) is 9.93. The number of rotatable bonds is 3. The molecule has 7 heteroatoms. The van der Waals surface area contributed by atoms with E-state index in [2.05, 4.69) is 5.32 Å². The first kappa shape index (κ1) is 15.3. The summed E-state index contributed by atoms with van der Waals surface area (Å²) >= 11 is 0. The zero-order chi connectivity index (χ0) is 15.6. The molecule has 0 saturated carbocycles. The summed E-state index contributed by atoms with van der Waals surface area (Å²) in [6.07, 6.45) is 1.02. The molecule has 1 atom stereocenters. The van der Waals surface area contributed by atoms with Crippen LogP contribution in [0.15, 0.2) is 12.1 Å². The zero-order valence-electron chi connectivity index (χ0n) is 11.5. The van der Waals surface area contributed by atoms with Crippen molar-refractivity contribution in [1.29, 1.82) is 0 Å². The molecular formula is C14H15F3N2O2. The van der Waals surface area contributed by atoms with Crippen LogP contribution in [0.4, 0.5) is 18.9 Å². The molecule has 2 rings (SSSR count). The molecule has 1 aliphatic heterocycles. The fourth-order valence-electron chi connectivity index (χ4n) is 2.28. The fourth-order valence-corrected chi connectivity index (χ4v) is 2.28. The standard InChI is InChI=1S/C14H15F3N2O2/c1-2-3-11-14(21)19(5-4-13(20)18-11)12-7-9(16)8(15)6-10(12)17/h6-7,11H,2-5H2,1H3,(H,18,20). The Morgan fingerprint density at radius 1 is 1.19 bits per heavy atom. The molecule has 0 aliphatic carbocycles. The molecule has 4 nitrogen and oxygen atoms in total. The average molecular weight is 300 g/mol. The van der Waals surface area contributed by atoms with Crippen molar-refractivity contribution in [2.24, 2.45) is 0 Å². The van der Waals surface area contributed by atoms with E-state index < -0.39 is 29.4 Å². The third-order valence-corrected chi connectivity index (χ3v) is 3.32. The Balaban J connectivity index is 2.39. The van der Waals surface area contributed by atoms with Crippen molar-refractivity contribution in [3.05, 3.63) is 29.6 Å². The zero-order valence-corrected chi connectivity index (χ0v) is 11.5. The molecule has 1 aliphatic rings. The van der Waals surface area contributed by atoms with Crippen LogP contribution in [0.2, 0.25) is 0 Å². The number of carbonyl (C=O) groups is 2. The van der Waals surface area contributed by atoms with E-state index in [9.17, 15) is 22.8 Å². The van der Waals surface area contributed by atoms with E-state index in [0.717, 1.165) is 4.90 Å². The molecule has 1 unspecified atom stereocenters. The van der Waals surface area contributed by atoms with E-state index in [0.29, 0.717) is 25.0 Å². The van der Waals surface area contributed by atoms with Gasteiger partial charge in [0.15, 0.2) is 11.6 Å². The quantitative estimate of drug-likeness (QED) is 0.869. The van der Waals surface area contributed by atoms with Gasteiger partial charge in [-0.15, -0.1) is 0 Å². The molecule has 0 radical (unpaired) electrons. The van der Waals surface area contributed by atoms with E-state index in [4.69, 9.17) is 0 Å². The predicted molar refractivity (Wildman–Crippen MR) is 70.1 cm³/mol. The average Bonchev–Trinajstić information content (AvgIpc) is 2.55. The molecule has 114 valence electrons. The van der Waals surface area contributed by atoms with Crippen molar-refractivity contribution >= 4 is 17.5 Å². The second-order valence-corrected chi connectivity index (χ2v) is 4.87. The van der Waals surface area contributed by atoms with Crippen molar-refractivity contribution in [2.75, 3.05) is 11.4 Å². The van der Waals surface area contributed by atoms with Gasteiger partial charge in [-0.3, -0.25) is 9.59 Å². The third-order valence-electron chi connectivity index (χ3n) is 3.32. The van der Waals surface area contributed by atoms with Crippen molar-refractivity contribution in [3.63, 3.8) is 0 Å². The monoisotopic (exact) mass is 300 g/mol. The highest BCUT2D eigenvalue weighted by molar-refractivity contribution is 6.01. The molecule has 1 saturated heterocycles. The number of anilines is 1. The first-order valence-corrected chi connectivity index (χ1v) is 6.69. The highest BCUT2D eigenvalue weighted by Gasteiger charge is 2.31. The summed E-state index contributed by atoms with van der Waals surface area (Å²) in [5.41, 5.74) is -0.350. The lowest BCUT2D eigenvalue weighted by molar-refractivity contribution is -0.125. The Labute approximate surface area is 119 Å². The van der Waals surface area contributed by atoms with Crippen LogP contribution in [0.1, 0.15) is 26.2 Å². The van der Waals surface area contributed by atoms with Crippen LogP contribution in [0.5, 0.6) is 0 Å². The number of halogens is 3. The summed E-state index contributed by atoms with van der Waals surface area (Å²) in [6.45, 7) is 1.76. The first-order valence-electron chi connectivity index (χ1n) is 6.69. The van der Waals surface area contributed by atoms with E-state index in [1.165, 1.54) is 0 Å². The van der Waals surface area contributed by atoms with Crippen LogP contribution < -0.4 is 10.2 Å². The maximum absolute atomic E-state index is 13.8. The van der Waals surface area contributed by atoms with Gasteiger partial charge >= 0.3 is 0 Å². The second kappa shape index (κ2) is 6.15. The minimum absolute atomic E-state index is 0.0234. The van der Waals surface area contributed by atoms with Gasteiger partial charge in [0.25, 0.3) is 0 Å². The summed E-state index contributed by atoms with van der Waals surface area (Å²) in [6, 6.07) is 0.256. The third kappa shape index (κ3) is 3.17. The highest BCUT2D eigenvalue weighted by Crippen LogP contribution is 2.25. The van der Waals surface area contributed by atoms with Crippen LogP contribution in [-0.4, -0.2) is 24.4 Å². The number of hydrogen-bond donors (Lipinski definition) is 1. The van der Waals surface area contributed by atoms with Crippen LogP contribution in [0.3, 0.4) is 0 Å². The summed E-state index contributed by atoms with van der Waals surface area (Å²) in [7, 11) is 0. The molecule has 0 spiro atoms. The normalized spacial score (nSPS) is 19.4. The van der Waals surface area contributed by atoms with Crippen molar-refractivity contribution in [3.8, 4) is 0 Å². The van der Waals surface area contributed by atoms with Crippen LogP contribution in [0, 0.1) is 17.5 Å². The van der Waals surface area contributed by atoms with Gasteiger partial charge in [0.05, 0.1) is 5.69 Å². The van der Waals surface area contributed by atoms with E-state index in [1.54, 1.807) is 0 Å². The van der Waals surface area contributed by atoms with Gasteiger partial charge in [-0.1, -0.05) is 13.3 Å². The van der Waals surface area contributed by atoms with Crippen molar-refractivity contribution in [1.82, 2.24) is 5.32 Å². The number of amides is 2. The Bertz CT molecular complexity index is 578. The fraction of sp³-hybridized carbons (Fsp3) is 0.429. The summed E-state index contributed by atoms with van der Waals surface area (Å²) in [5, 5.41) is 2.55. The molecular weight excluding hydrogens is 285 g/mol. The lowest BCUT2D eigenvalue weighted by atomic mass is 10.1. The van der Waals surface area contributed by atoms with Gasteiger partial charge in [0.1, 0.15) is 11.9 Å². The number of hydrogen-bond acceptors (Lipinski definition) is 2. The number of nitrogens with one attached hydrogen (secondary N) is 1. The van der Waals surface area contributed by atoms with Crippen LogP contribution in [0.25, 0.3) is 0 Å². The van der Waals surface area contributed by atoms with E-state index in [-0.39, 0.29) is 24.6 Å². The lowest BCUT2D eigenvalue weighted by Crippen LogP contribution is -2.45. The van der Waals surface area contributed by atoms with Crippen molar-refractivity contribution in [2.45, 2.75) is 32.2 Å². The second-order valence-electron chi connectivity index (χ2n) is 4.87. The topological polar surface area (TPSA) is 49.4 Å². The minimum atomic E-state index is -1.32. The summed E-state index contributed by atoms with van der Waals surface area (Å²) < 4.78 is 40.1. The maximum Gasteiger partial charge on any atom is 0.249 e.